The van der Waals surface area contributed by atoms with Crippen LogP contribution in [0.25, 0.3) is 10.2 Å². The molecule has 3 rings (SSSR count). The number of nitrogens with one attached hydrogen (secondary N) is 3. The van der Waals surface area contributed by atoms with E-state index in [0.717, 1.165) is 27.0 Å². The summed E-state index contributed by atoms with van der Waals surface area (Å²) in [5.41, 5.74) is 4.20. The molecular weight excluding hydrogens is 348 g/mol. The van der Waals surface area contributed by atoms with Crippen molar-refractivity contribution in [3.05, 3.63) is 47.5 Å². The fourth-order valence-electron chi connectivity index (χ4n) is 2.53. The van der Waals surface area contributed by atoms with Crippen molar-refractivity contribution in [2.75, 3.05) is 16.0 Å². The number of anilines is 3. The number of carbonyl (C=O) groups is 2. The van der Waals surface area contributed by atoms with E-state index in [1.165, 1.54) is 11.3 Å². The monoisotopic (exact) mass is 368 g/mol. The van der Waals surface area contributed by atoms with E-state index in [1.807, 2.05) is 50.2 Å². The minimum Gasteiger partial charge on any atom is -0.308 e. The lowest BCUT2D eigenvalue weighted by molar-refractivity contribution is -0.115. The van der Waals surface area contributed by atoms with E-state index in [-0.39, 0.29) is 11.9 Å². The zero-order valence-corrected chi connectivity index (χ0v) is 15.7. The lowest BCUT2D eigenvalue weighted by Gasteiger charge is -2.10. The molecule has 7 heteroatoms. The molecular formula is C19H20N4O2S. The molecule has 26 heavy (non-hydrogen) atoms. The smallest absolute Gasteiger partial charge is 0.308 e. The van der Waals surface area contributed by atoms with Gasteiger partial charge in [-0.15, -0.1) is 0 Å². The van der Waals surface area contributed by atoms with Crippen LogP contribution < -0.4 is 16.0 Å². The van der Waals surface area contributed by atoms with Crippen molar-refractivity contribution in [2.24, 2.45) is 0 Å². The van der Waals surface area contributed by atoms with Gasteiger partial charge in [0, 0.05) is 17.8 Å². The first-order valence-corrected chi connectivity index (χ1v) is 9.12. The third-order valence-electron chi connectivity index (χ3n) is 3.90. The summed E-state index contributed by atoms with van der Waals surface area (Å²) in [5, 5.41) is 9.04. The summed E-state index contributed by atoms with van der Waals surface area (Å²) in [7, 11) is 0. The Balaban J connectivity index is 1.78. The SMILES string of the molecule is CCC(=O)Nc1nc2c(C)cc(NC(=O)Nc3ccccc3C)cc2s1. The van der Waals surface area contributed by atoms with Crippen molar-refractivity contribution >= 4 is 50.0 Å². The highest BCUT2D eigenvalue weighted by Crippen LogP contribution is 2.31. The Morgan fingerprint density at radius 1 is 1.04 bits per heavy atom. The fourth-order valence-corrected chi connectivity index (χ4v) is 3.53. The first-order chi connectivity index (χ1) is 12.5. The molecule has 0 bridgehead atoms. The third kappa shape index (κ3) is 4.00. The van der Waals surface area contributed by atoms with E-state index in [9.17, 15) is 9.59 Å². The molecule has 0 fully saturated rings. The molecule has 0 saturated carbocycles. The first kappa shape index (κ1) is 17.9. The quantitative estimate of drug-likeness (QED) is 0.612. The Morgan fingerprint density at radius 3 is 2.54 bits per heavy atom. The van der Waals surface area contributed by atoms with Gasteiger partial charge in [0.05, 0.1) is 10.2 Å². The molecule has 0 radical (unpaired) electrons. The molecule has 0 aliphatic rings. The summed E-state index contributed by atoms with van der Waals surface area (Å²) in [6.07, 6.45) is 0.404. The average molecular weight is 368 g/mol. The molecule has 3 N–H and O–H groups in total. The zero-order valence-electron chi connectivity index (χ0n) is 14.8. The third-order valence-corrected chi connectivity index (χ3v) is 4.82. The number of aryl methyl sites for hydroxylation is 2. The number of carbonyl (C=O) groups excluding carboxylic acids is 2. The van der Waals surface area contributed by atoms with Crippen LogP contribution >= 0.6 is 11.3 Å². The summed E-state index contributed by atoms with van der Waals surface area (Å²) in [4.78, 5) is 28.3. The van der Waals surface area contributed by atoms with Gasteiger partial charge in [0.15, 0.2) is 5.13 Å². The predicted molar refractivity (Wildman–Crippen MR) is 107 cm³/mol. The Kier molecular flexibility index (Phi) is 5.18. The van der Waals surface area contributed by atoms with Crippen LogP contribution in [0.4, 0.5) is 21.3 Å². The number of thiazole rings is 1. The van der Waals surface area contributed by atoms with Crippen LogP contribution in [-0.4, -0.2) is 16.9 Å². The molecule has 6 nitrogen and oxygen atoms in total. The highest BCUT2D eigenvalue weighted by Gasteiger charge is 2.11. The summed E-state index contributed by atoms with van der Waals surface area (Å²) in [6.45, 7) is 5.66. The van der Waals surface area contributed by atoms with Crippen LogP contribution in [0.3, 0.4) is 0 Å². The molecule has 0 atom stereocenters. The van der Waals surface area contributed by atoms with Gasteiger partial charge >= 0.3 is 6.03 Å². The second kappa shape index (κ2) is 7.53. The van der Waals surface area contributed by atoms with Crippen LogP contribution in [0.1, 0.15) is 24.5 Å². The van der Waals surface area contributed by atoms with E-state index in [0.29, 0.717) is 17.2 Å². The van der Waals surface area contributed by atoms with Crippen molar-refractivity contribution in [3.8, 4) is 0 Å². The molecule has 0 unspecified atom stereocenters. The van der Waals surface area contributed by atoms with E-state index in [1.54, 1.807) is 6.92 Å². The molecule has 0 aliphatic heterocycles. The molecule has 1 heterocycles. The Bertz CT molecular complexity index is 981. The number of nitrogens with zero attached hydrogens (tertiary/aromatic N) is 1. The lowest BCUT2D eigenvalue weighted by atomic mass is 10.2. The van der Waals surface area contributed by atoms with Crippen LogP contribution in [0, 0.1) is 13.8 Å². The maximum atomic E-state index is 12.3. The predicted octanol–water partition coefficient (Wildman–Crippen LogP) is 4.91. The number of hydrogen-bond donors (Lipinski definition) is 3. The van der Waals surface area contributed by atoms with Crippen molar-refractivity contribution in [3.63, 3.8) is 0 Å². The second-order valence-electron chi connectivity index (χ2n) is 5.95. The number of amides is 3. The minimum absolute atomic E-state index is 0.0716. The normalized spacial score (nSPS) is 10.6. The number of para-hydroxylation sites is 1. The van der Waals surface area contributed by atoms with Gasteiger partial charge in [0.1, 0.15) is 0 Å². The van der Waals surface area contributed by atoms with Crippen molar-refractivity contribution in [1.82, 2.24) is 4.98 Å². The molecule has 1 aromatic heterocycles. The molecule has 134 valence electrons. The van der Waals surface area contributed by atoms with Crippen LogP contribution in [0.2, 0.25) is 0 Å². The highest BCUT2D eigenvalue weighted by molar-refractivity contribution is 7.22. The van der Waals surface area contributed by atoms with Crippen LogP contribution in [0.5, 0.6) is 0 Å². The van der Waals surface area contributed by atoms with Crippen molar-refractivity contribution in [1.29, 1.82) is 0 Å². The van der Waals surface area contributed by atoms with Gasteiger partial charge in [-0.05, 0) is 43.2 Å². The van der Waals surface area contributed by atoms with Gasteiger partial charge in [0.2, 0.25) is 5.91 Å². The Hall–Kier alpha value is -2.93. The van der Waals surface area contributed by atoms with Gasteiger partial charge < -0.3 is 16.0 Å². The maximum Gasteiger partial charge on any atom is 0.323 e. The van der Waals surface area contributed by atoms with E-state index < -0.39 is 0 Å². The number of fused-ring (bicyclic) bond motifs is 1. The Morgan fingerprint density at radius 2 is 1.81 bits per heavy atom. The van der Waals surface area contributed by atoms with Gasteiger partial charge in [-0.1, -0.05) is 36.5 Å². The second-order valence-corrected chi connectivity index (χ2v) is 6.99. The van der Waals surface area contributed by atoms with Crippen molar-refractivity contribution in [2.45, 2.75) is 27.2 Å². The largest absolute Gasteiger partial charge is 0.323 e. The van der Waals surface area contributed by atoms with E-state index in [4.69, 9.17) is 0 Å². The minimum atomic E-state index is -0.304. The van der Waals surface area contributed by atoms with Gasteiger partial charge in [-0.2, -0.15) is 0 Å². The molecule has 0 saturated heterocycles. The number of benzene rings is 2. The molecule has 3 amide bonds. The highest BCUT2D eigenvalue weighted by atomic mass is 32.1. The number of rotatable bonds is 4. The summed E-state index contributed by atoms with van der Waals surface area (Å²) < 4.78 is 0.905. The number of hydrogen-bond acceptors (Lipinski definition) is 4. The summed E-state index contributed by atoms with van der Waals surface area (Å²) in [5.74, 6) is -0.0716. The molecule has 2 aromatic carbocycles. The van der Waals surface area contributed by atoms with Gasteiger partial charge in [0.25, 0.3) is 0 Å². The molecule has 0 aliphatic carbocycles. The van der Waals surface area contributed by atoms with Gasteiger partial charge in [-0.25, -0.2) is 9.78 Å². The molecule has 3 aromatic rings. The summed E-state index contributed by atoms with van der Waals surface area (Å²) >= 11 is 1.39. The van der Waals surface area contributed by atoms with Crippen LogP contribution in [0.15, 0.2) is 36.4 Å². The topological polar surface area (TPSA) is 83.1 Å². The first-order valence-electron chi connectivity index (χ1n) is 8.31. The van der Waals surface area contributed by atoms with E-state index >= 15 is 0 Å². The lowest BCUT2D eigenvalue weighted by Crippen LogP contribution is -2.19. The Labute approximate surface area is 155 Å². The zero-order chi connectivity index (χ0) is 18.7. The van der Waals surface area contributed by atoms with Crippen LogP contribution in [-0.2, 0) is 4.79 Å². The van der Waals surface area contributed by atoms with Gasteiger partial charge in [-0.3, -0.25) is 4.79 Å². The van der Waals surface area contributed by atoms with E-state index in [2.05, 4.69) is 20.9 Å². The molecule has 0 spiro atoms. The fraction of sp³-hybridized carbons (Fsp3) is 0.211. The average Bonchev–Trinajstić information content (AvgIpc) is 2.99. The summed E-state index contributed by atoms with van der Waals surface area (Å²) in [6, 6.07) is 11.0. The van der Waals surface area contributed by atoms with Crippen molar-refractivity contribution < 1.29 is 9.59 Å². The number of urea groups is 1. The maximum absolute atomic E-state index is 12.3. The standard InChI is InChI=1S/C19H20N4O2S/c1-4-16(24)22-19-23-17-12(3)9-13(10-15(17)26-19)20-18(25)21-14-8-6-5-7-11(14)2/h5-10H,4H2,1-3H3,(H2,20,21,25)(H,22,23,24). The number of aromatic nitrogens is 1.